The molecule has 0 saturated carbocycles. The lowest BCUT2D eigenvalue weighted by molar-refractivity contribution is 0.142. The number of nitrogens with zero attached hydrogens (tertiary/aromatic N) is 1. The van der Waals surface area contributed by atoms with Gasteiger partial charge in [-0.3, -0.25) is 0 Å². The van der Waals surface area contributed by atoms with Gasteiger partial charge in [-0.05, 0) is 20.3 Å². The normalized spacial score (nSPS) is 18.5. The maximum absolute atomic E-state index is 11.5. The molecule has 0 unspecified atom stereocenters. The van der Waals surface area contributed by atoms with Crippen molar-refractivity contribution in [3.63, 3.8) is 0 Å². The van der Waals surface area contributed by atoms with Crippen molar-refractivity contribution in [1.82, 2.24) is 10.2 Å². The molecule has 0 aliphatic carbocycles. The Kier molecular flexibility index (Phi) is 4.02. The van der Waals surface area contributed by atoms with Crippen LogP contribution in [0.2, 0.25) is 0 Å². The largest absolute Gasteiger partial charge is 0.380 e. The van der Waals surface area contributed by atoms with E-state index in [1.54, 1.807) is 0 Å². The molecule has 1 N–H and O–H groups in total. The molecule has 1 aliphatic heterocycles. The van der Waals surface area contributed by atoms with Gasteiger partial charge in [0, 0.05) is 25.7 Å². The van der Waals surface area contributed by atoms with E-state index in [0.29, 0.717) is 13.2 Å². The summed E-state index contributed by atoms with van der Waals surface area (Å²) in [5.74, 6) is 0. The van der Waals surface area contributed by atoms with Crippen molar-refractivity contribution in [2.24, 2.45) is 0 Å². The highest BCUT2D eigenvalue weighted by Gasteiger charge is 2.15. The van der Waals surface area contributed by atoms with Crippen LogP contribution in [0.5, 0.6) is 0 Å². The SMILES string of the molecule is CC(C)NC(=O)N1CCCOCC1. The van der Waals surface area contributed by atoms with Crippen molar-refractivity contribution >= 4 is 6.03 Å². The number of rotatable bonds is 1. The van der Waals surface area contributed by atoms with Gasteiger partial charge in [-0.15, -0.1) is 0 Å². The van der Waals surface area contributed by atoms with Gasteiger partial charge < -0.3 is 15.0 Å². The minimum absolute atomic E-state index is 0.0282. The molecule has 1 saturated heterocycles. The molecule has 76 valence electrons. The second kappa shape index (κ2) is 5.07. The fourth-order valence-electron chi connectivity index (χ4n) is 1.29. The molecular weight excluding hydrogens is 168 g/mol. The molecule has 1 fully saturated rings. The molecule has 1 heterocycles. The standard InChI is InChI=1S/C9H18N2O2/c1-8(2)10-9(12)11-4-3-6-13-7-5-11/h8H,3-7H2,1-2H3,(H,10,12). The third-order valence-corrected chi connectivity index (χ3v) is 1.92. The van der Waals surface area contributed by atoms with Crippen LogP contribution < -0.4 is 5.32 Å². The van der Waals surface area contributed by atoms with Gasteiger partial charge in [0.15, 0.2) is 0 Å². The highest BCUT2D eigenvalue weighted by molar-refractivity contribution is 5.74. The molecule has 0 aromatic heterocycles. The summed E-state index contributed by atoms with van der Waals surface area (Å²) in [5.41, 5.74) is 0. The molecule has 0 radical (unpaired) electrons. The summed E-state index contributed by atoms with van der Waals surface area (Å²) in [6, 6.07) is 0.233. The predicted octanol–water partition coefficient (Wildman–Crippen LogP) is 0.827. The van der Waals surface area contributed by atoms with E-state index in [1.807, 2.05) is 18.7 Å². The van der Waals surface area contributed by atoms with Crippen LogP contribution in [0.1, 0.15) is 20.3 Å². The summed E-state index contributed by atoms with van der Waals surface area (Å²) < 4.78 is 5.26. The molecule has 4 nitrogen and oxygen atoms in total. The summed E-state index contributed by atoms with van der Waals surface area (Å²) in [6.45, 7) is 6.87. The van der Waals surface area contributed by atoms with Crippen LogP contribution in [0.15, 0.2) is 0 Å². The quantitative estimate of drug-likeness (QED) is 0.659. The van der Waals surface area contributed by atoms with E-state index in [2.05, 4.69) is 5.32 Å². The summed E-state index contributed by atoms with van der Waals surface area (Å²) in [5, 5.41) is 2.87. The summed E-state index contributed by atoms with van der Waals surface area (Å²) >= 11 is 0. The van der Waals surface area contributed by atoms with E-state index in [1.165, 1.54) is 0 Å². The van der Waals surface area contributed by atoms with Crippen molar-refractivity contribution in [2.75, 3.05) is 26.3 Å². The van der Waals surface area contributed by atoms with Crippen LogP contribution in [-0.2, 0) is 4.74 Å². The fraction of sp³-hybridized carbons (Fsp3) is 0.889. The zero-order valence-corrected chi connectivity index (χ0v) is 8.38. The van der Waals surface area contributed by atoms with Crippen LogP contribution in [0.25, 0.3) is 0 Å². The fourth-order valence-corrected chi connectivity index (χ4v) is 1.29. The number of carbonyl (C=O) groups excluding carboxylic acids is 1. The van der Waals surface area contributed by atoms with Gasteiger partial charge in [-0.1, -0.05) is 0 Å². The van der Waals surface area contributed by atoms with Crippen LogP contribution >= 0.6 is 0 Å². The smallest absolute Gasteiger partial charge is 0.317 e. The average Bonchev–Trinajstić information content (AvgIpc) is 2.29. The lowest BCUT2D eigenvalue weighted by atomic mass is 10.4. The highest BCUT2D eigenvalue weighted by atomic mass is 16.5. The molecule has 13 heavy (non-hydrogen) atoms. The van der Waals surface area contributed by atoms with Crippen molar-refractivity contribution in [3.8, 4) is 0 Å². The molecule has 1 aliphatic rings. The number of hydrogen-bond acceptors (Lipinski definition) is 2. The van der Waals surface area contributed by atoms with Gasteiger partial charge in [-0.2, -0.15) is 0 Å². The highest BCUT2D eigenvalue weighted by Crippen LogP contribution is 1.99. The summed E-state index contributed by atoms with van der Waals surface area (Å²) in [7, 11) is 0. The topological polar surface area (TPSA) is 41.6 Å². The number of carbonyl (C=O) groups is 1. The van der Waals surface area contributed by atoms with E-state index >= 15 is 0 Å². The Morgan fingerprint density at radius 3 is 2.85 bits per heavy atom. The first-order valence-electron chi connectivity index (χ1n) is 4.83. The Bertz CT molecular complexity index is 163. The zero-order chi connectivity index (χ0) is 9.68. The van der Waals surface area contributed by atoms with Crippen molar-refractivity contribution in [3.05, 3.63) is 0 Å². The number of hydrogen-bond donors (Lipinski definition) is 1. The Morgan fingerprint density at radius 1 is 1.38 bits per heavy atom. The van der Waals surface area contributed by atoms with Crippen molar-refractivity contribution in [2.45, 2.75) is 26.3 Å². The monoisotopic (exact) mass is 186 g/mol. The lowest BCUT2D eigenvalue weighted by Gasteiger charge is -2.21. The first-order chi connectivity index (χ1) is 6.20. The average molecular weight is 186 g/mol. The van der Waals surface area contributed by atoms with Gasteiger partial charge in [0.05, 0.1) is 6.61 Å². The minimum atomic E-state index is 0.0282. The molecule has 2 amide bonds. The summed E-state index contributed by atoms with van der Waals surface area (Å²) in [6.07, 6.45) is 0.936. The summed E-state index contributed by atoms with van der Waals surface area (Å²) in [4.78, 5) is 13.3. The van der Waals surface area contributed by atoms with Crippen LogP contribution in [0, 0.1) is 0 Å². The van der Waals surface area contributed by atoms with Gasteiger partial charge >= 0.3 is 6.03 Å². The second-order valence-corrected chi connectivity index (χ2v) is 3.56. The molecular formula is C9H18N2O2. The van der Waals surface area contributed by atoms with Crippen molar-refractivity contribution < 1.29 is 9.53 Å². The minimum Gasteiger partial charge on any atom is -0.380 e. The molecule has 4 heteroatoms. The van der Waals surface area contributed by atoms with E-state index < -0.39 is 0 Å². The second-order valence-electron chi connectivity index (χ2n) is 3.56. The Morgan fingerprint density at radius 2 is 2.15 bits per heavy atom. The van der Waals surface area contributed by atoms with Crippen LogP contribution in [0.4, 0.5) is 4.79 Å². The maximum atomic E-state index is 11.5. The first kappa shape index (κ1) is 10.3. The van der Waals surface area contributed by atoms with Gasteiger partial charge in [0.1, 0.15) is 0 Å². The first-order valence-corrected chi connectivity index (χ1v) is 4.83. The molecule has 0 bridgehead atoms. The number of nitrogens with one attached hydrogen (secondary N) is 1. The van der Waals surface area contributed by atoms with E-state index in [4.69, 9.17) is 4.74 Å². The van der Waals surface area contributed by atoms with E-state index in [-0.39, 0.29) is 12.1 Å². The number of urea groups is 1. The Balaban J connectivity index is 2.35. The Hall–Kier alpha value is -0.770. The van der Waals surface area contributed by atoms with Gasteiger partial charge in [0.2, 0.25) is 0 Å². The third-order valence-electron chi connectivity index (χ3n) is 1.92. The lowest BCUT2D eigenvalue weighted by Crippen LogP contribution is -2.43. The molecule has 1 rings (SSSR count). The van der Waals surface area contributed by atoms with Gasteiger partial charge in [-0.25, -0.2) is 4.79 Å². The third kappa shape index (κ3) is 3.63. The van der Waals surface area contributed by atoms with Crippen LogP contribution in [0.3, 0.4) is 0 Å². The van der Waals surface area contributed by atoms with Crippen molar-refractivity contribution in [1.29, 1.82) is 0 Å². The predicted molar refractivity (Wildman–Crippen MR) is 50.7 cm³/mol. The van der Waals surface area contributed by atoms with E-state index in [9.17, 15) is 4.79 Å². The number of amides is 2. The number of ether oxygens (including phenoxy) is 1. The van der Waals surface area contributed by atoms with Gasteiger partial charge in [0.25, 0.3) is 0 Å². The molecule has 0 aromatic rings. The molecule has 0 aromatic carbocycles. The molecule has 0 atom stereocenters. The molecule has 0 spiro atoms. The van der Waals surface area contributed by atoms with E-state index in [0.717, 1.165) is 19.6 Å². The zero-order valence-electron chi connectivity index (χ0n) is 8.38. The Labute approximate surface area is 79.2 Å². The maximum Gasteiger partial charge on any atom is 0.317 e. The van der Waals surface area contributed by atoms with Crippen LogP contribution in [-0.4, -0.2) is 43.3 Å².